The average molecular weight is 402 g/mol. The molecular weight excluding hydrogens is 374 g/mol. The zero-order valence-corrected chi connectivity index (χ0v) is 17.2. The van der Waals surface area contributed by atoms with Gasteiger partial charge in [0.15, 0.2) is 0 Å². The molecule has 0 aliphatic carbocycles. The number of nitrogens with zero attached hydrogens (tertiary/aromatic N) is 2. The molecule has 3 rings (SSSR count). The number of carbonyl (C=O) groups is 1. The van der Waals surface area contributed by atoms with Gasteiger partial charge in [0.05, 0.1) is 10.6 Å². The SMILES string of the molecule is CCN(CC)CCNC(=O)c1cccc(S(=O)(=O)N2CCc3ccccc32)c1. The monoisotopic (exact) mass is 401 g/mol. The summed E-state index contributed by atoms with van der Waals surface area (Å²) in [6.45, 7) is 7.72. The molecule has 0 fully saturated rings. The Balaban J connectivity index is 1.75. The molecule has 0 radical (unpaired) electrons. The quantitative estimate of drug-likeness (QED) is 0.738. The smallest absolute Gasteiger partial charge is 0.264 e. The van der Waals surface area contributed by atoms with Crippen molar-refractivity contribution in [2.24, 2.45) is 0 Å². The molecule has 0 aromatic heterocycles. The molecule has 28 heavy (non-hydrogen) atoms. The van der Waals surface area contributed by atoms with Crippen LogP contribution in [0, 0.1) is 0 Å². The van der Waals surface area contributed by atoms with E-state index in [0.29, 0.717) is 25.1 Å². The number of amides is 1. The van der Waals surface area contributed by atoms with Crippen LogP contribution in [0.25, 0.3) is 0 Å². The first kappa shape index (κ1) is 20.4. The third kappa shape index (κ3) is 4.20. The van der Waals surface area contributed by atoms with Crippen molar-refractivity contribution >= 4 is 21.6 Å². The van der Waals surface area contributed by atoms with Gasteiger partial charge in [-0.05, 0) is 49.3 Å². The first-order chi connectivity index (χ1) is 13.5. The Labute approximate surface area is 167 Å². The van der Waals surface area contributed by atoms with Crippen LogP contribution in [0.3, 0.4) is 0 Å². The normalized spacial score (nSPS) is 13.6. The highest BCUT2D eigenvalue weighted by Crippen LogP contribution is 2.32. The number of benzene rings is 2. The number of para-hydroxylation sites is 1. The largest absolute Gasteiger partial charge is 0.351 e. The fraction of sp³-hybridized carbons (Fsp3) is 0.381. The number of fused-ring (bicyclic) bond motifs is 1. The van der Waals surface area contributed by atoms with E-state index in [4.69, 9.17) is 0 Å². The fourth-order valence-electron chi connectivity index (χ4n) is 3.45. The molecule has 0 bridgehead atoms. The lowest BCUT2D eigenvalue weighted by molar-refractivity contribution is 0.0948. The molecule has 0 unspecified atom stereocenters. The van der Waals surface area contributed by atoms with E-state index >= 15 is 0 Å². The van der Waals surface area contributed by atoms with Gasteiger partial charge in [0.2, 0.25) is 0 Å². The van der Waals surface area contributed by atoms with Gasteiger partial charge in [0.25, 0.3) is 15.9 Å². The molecule has 2 aromatic carbocycles. The van der Waals surface area contributed by atoms with E-state index in [9.17, 15) is 13.2 Å². The van der Waals surface area contributed by atoms with Crippen LogP contribution in [0.4, 0.5) is 5.69 Å². The Morgan fingerprint density at radius 2 is 1.86 bits per heavy atom. The highest BCUT2D eigenvalue weighted by molar-refractivity contribution is 7.92. The third-order valence-corrected chi connectivity index (χ3v) is 6.95. The topological polar surface area (TPSA) is 69.7 Å². The van der Waals surface area contributed by atoms with Crippen molar-refractivity contribution in [3.05, 3.63) is 59.7 Å². The van der Waals surface area contributed by atoms with Crippen LogP contribution in [-0.2, 0) is 16.4 Å². The van der Waals surface area contributed by atoms with Crippen molar-refractivity contribution in [2.75, 3.05) is 37.0 Å². The summed E-state index contributed by atoms with van der Waals surface area (Å²) in [6, 6.07) is 13.8. The van der Waals surface area contributed by atoms with Gasteiger partial charge >= 0.3 is 0 Å². The highest BCUT2D eigenvalue weighted by Gasteiger charge is 2.30. The number of hydrogen-bond acceptors (Lipinski definition) is 4. The number of hydrogen-bond donors (Lipinski definition) is 1. The van der Waals surface area contributed by atoms with Crippen molar-refractivity contribution in [3.8, 4) is 0 Å². The summed E-state index contributed by atoms with van der Waals surface area (Å²) in [4.78, 5) is 14.8. The molecule has 0 saturated carbocycles. The molecule has 2 aromatic rings. The Morgan fingerprint density at radius 3 is 2.61 bits per heavy atom. The van der Waals surface area contributed by atoms with E-state index in [1.54, 1.807) is 18.2 Å². The van der Waals surface area contributed by atoms with Crippen LogP contribution < -0.4 is 9.62 Å². The van der Waals surface area contributed by atoms with Gasteiger partial charge in [-0.1, -0.05) is 38.1 Å². The predicted molar refractivity (Wildman–Crippen MR) is 111 cm³/mol. The molecule has 7 heteroatoms. The minimum absolute atomic E-state index is 0.139. The van der Waals surface area contributed by atoms with Crippen LogP contribution in [0.1, 0.15) is 29.8 Å². The fourth-order valence-corrected chi connectivity index (χ4v) is 5.00. The minimum Gasteiger partial charge on any atom is -0.351 e. The maximum absolute atomic E-state index is 13.1. The van der Waals surface area contributed by atoms with E-state index in [1.165, 1.54) is 10.4 Å². The first-order valence-corrected chi connectivity index (χ1v) is 11.1. The van der Waals surface area contributed by atoms with Gasteiger partial charge in [0.1, 0.15) is 0 Å². The number of carbonyl (C=O) groups excluding carboxylic acids is 1. The second-order valence-corrected chi connectivity index (χ2v) is 8.63. The van der Waals surface area contributed by atoms with Crippen LogP contribution >= 0.6 is 0 Å². The Bertz CT molecular complexity index is 939. The standard InChI is InChI=1S/C21H27N3O3S/c1-3-23(4-2)15-13-22-21(25)18-9-7-10-19(16-18)28(26,27)24-14-12-17-8-5-6-11-20(17)24/h5-11,16H,3-4,12-15H2,1-2H3,(H,22,25). The Kier molecular flexibility index (Phi) is 6.36. The molecule has 6 nitrogen and oxygen atoms in total. The summed E-state index contributed by atoms with van der Waals surface area (Å²) in [5.41, 5.74) is 2.10. The number of likely N-dealkylation sites (N-methyl/N-ethyl adjacent to an activating group) is 1. The lowest BCUT2D eigenvalue weighted by Gasteiger charge is -2.20. The maximum Gasteiger partial charge on any atom is 0.264 e. The van der Waals surface area contributed by atoms with Crippen molar-refractivity contribution < 1.29 is 13.2 Å². The van der Waals surface area contributed by atoms with Crippen LogP contribution in [0.5, 0.6) is 0 Å². The molecular formula is C21H27N3O3S. The van der Waals surface area contributed by atoms with Crippen molar-refractivity contribution in [2.45, 2.75) is 25.2 Å². The number of nitrogens with one attached hydrogen (secondary N) is 1. The predicted octanol–water partition coefficient (Wildman–Crippen LogP) is 2.51. The number of anilines is 1. The van der Waals surface area contributed by atoms with Gasteiger partial charge in [-0.15, -0.1) is 0 Å². The molecule has 1 amide bonds. The van der Waals surface area contributed by atoms with Crippen LogP contribution in [0.2, 0.25) is 0 Å². The highest BCUT2D eigenvalue weighted by atomic mass is 32.2. The third-order valence-electron chi connectivity index (χ3n) is 5.14. The molecule has 0 atom stereocenters. The lowest BCUT2D eigenvalue weighted by atomic mass is 10.2. The minimum atomic E-state index is -3.70. The van der Waals surface area contributed by atoms with E-state index in [2.05, 4.69) is 24.1 Å². The van der Waals surface area contributed by atoms with E-state index in [1.807, 2.05) is 24.3 Å². The van der Waals surface area contributed by atoms with Gasteiger partial charge in [-0.3, -0.25) is 9.10 Å². The van der Waals surface area contributed by atoms with Gasteiger partial charge < -0.3 is 10.2 Å². The van der Waals surface area contributed by atoms with Crippen molar-refractivity contribution in [3.63, 3.8) is 0 Å². The second kappa shape index (κ2) is 8.75. The first-order valence-electron chi connectivity index (χ1n) is 9.68. The summed E-state index contributed by atoms with van der Waals surface area (Å²) >= 11 is 0. The molecule has 1 heterocycles. The molecule has 1 aliphatic rings. The van der Waals surface area contributed by atoms with Gasteiger partial charge in [-0.25, -0.2) is 8.42 Å². The summed E-state index contributed by atoms with van der Waals surface area (Å²) in [6.07, 6.45) is 0.695. The number of sulfonamides is 1. The molecule has 0 saturated heterocycles. The zero-order chi connectivity index (χ0) is 20.1. The van der Waals surface area contributed by atoms with Gasteiger partial charge in [0, 0.05) is 25.2 Å². The van der Waals surface area contributed by atoms with Crippen LogP contribution in [0.15, 0.2) is 53.4 Å². The summed E-state index contributed by atoms with van der Waals surface area (Å²) in [5.74, 6) is -0.258. The maximum atomic E-state index is 13.1. The molecule has 1 aliphatic heterocycles. The van der Waals surface area contributed by atoms with Crippen molar-refractivity contribution in [1.29, 1.82) is 0 Å². The molecule has 150 valence electrons. The average Bonchev–Trinajstić information content (AvgIpc) is 3.16. The lowest BCUT2D eigenvalue weighted by Crippen LogP contribution is -2.35. The van der Waals surface area contributed by atoms with Gasteiger partial charge in [-0.2, -0.15) is 0 Å². The van der Waals surface area contributed by atoms with Crippen molar-refractivity contribution in [1.82, 2.24) is 10.2 Å². The Hall–Kier alpha value is -2.38. The molecule has 1 N–H and O–H groups in total. The number of rotatable bonds is 8. The molecule has 0 spiro atoms. The zero-order valence-electron chi connectivity index (χ0n) is 16.4. The van der Waals surface area contributed by atoms with Crippen LogP contribution in [-0.4, -0.2) is 51.9 Å². The summed E-state index contributed by atoms with van der Waals surface area (Å²) in [7, 11) is -3.70. The van der Waals surface area contributed by atoms with E-state index in [0.717, 1.165) is 30.9 Å². The Morgan fingerprint density at radius 1 is 1.11 bits per heavy atom. The summed E-state index contributed by atoms with van der Waals surface area (Å²) < 4.78 is 27.7. The second-order valence-electron chi connectivity index (χ2n) is 6.77. The van der Waals surface area contributed by atoms with E-state index < -0.39 is 10.0 Å². The van der Waals surface area contributed by atoms with E-state index in [-0.39, 0.29) is 10.8 Å². The summed E-state index contributed by atoms with van der Waals surface area (Å²) in [5, 5.41) is 2.87.